The lowest BCUT2D eigenvalue weighted by Crippen LogP contribution is -2.28. The Balaban J connectivity index is 1.75. The molecule has 9 nitrogen and oxygen atoms in total. The van der Waals surface area contributed by atoms with Crippen molar-refractivity contribution in [2.75, 3.05) is 27.4 Å². The zero-order valence-electron chi connectivity index (χ0n) is 20.1. The van der Waals surface area contributed by atoms with Gasteiger partial charge in [-0.1, -0.05) is 12.1 Å². The molecule has 1 unspecified atom stereocenters. The second-order valence-electron chi connectivity index (χ2n) is 7.45. The molecule has 0 N–H and O–H groups in total. The molecule has 0 saturated heterocycles. The van der Waals surface area contributed by atoms with Crippen LogP contribution in [0.4, 0.5) is 0 Å². The molecule has 2 aromatic carbocycles. The number of fused-ring (bicyclic) bond motifs is 1. The zero-order chi connectivity index (χ0) is 24.7. The largest absolute Gasteiger partial charge is 0.493 e. The lowest BCUT2D eigenvalue weighted by Gasteiger charge is -2.16. The fourth-order valence-electron chi connectivity index (χ4n) is 3.50. The average molecular weight is 471 g/mol. The second-order valence-corrected chi connectivity index (χ2v) is 7.45. The van der Waals surface area contributed by atoms with Crippen LogP contribution in [0.3, 0.4) is 0 Å². The van der Waals surface area contributed by atoms with Crippen molar-refractivity contribution in [2.24, 2.45) is 7.05 Å². The Morgan fingerprint density at radius 1 is 1.03 bits per heavy atom. The van der Waals surface area contributed by atoms with Gasteiger partial charge in [0.05, 0.1) is 31.7 Å². The van der Waals surface area contributed by atoms with Crippen LogP contribution >= 0.6 is 0 Å². The van der Waals surface area contributed by atoms with E-state index in [2.05, 4.69) is 4.98 Å². The summed E-state index contributed by atoms with van der Waals surface area (Å²) >= 11 is 0. The molecule has 0 bridgehead atoms. The fourth-order valence-corrected chi connectivity index (χ4v) is 3.50. The summed E-state index contributed by atoms with van der Waals surface area (Å²) in [5, 5.41) is 0.429. The fraction of sp³-hybridized carbons (Fsp3) is 0.400. The first kappa shape index (κ1) is 25.0. The molecular weight excluding hydrogens is 440 g/mol. The normalized spacial score (nSPS) is 11.8. The van der Waals surface area contributed by atoms with Gasteiger partial charge in [-0.05, 0) is 37.6 Å². The van der Waals surface area contributed by atoms with E-state index >= 15 is 0 Å². The van der Waals surface area contributed by atoms with E-state index in [0.29, 0.717) is 53.6 Å². The Hall–Kier alpha value is -3.59. The van der Waals surface area contributed by atoms with Crippen molar-refractivity contribution in [1.82, 2.24) is 9.55 Å². The lowest BCUT2D eigenvalue weighted by molar-refractivity contribution is -0.156. The van der Waals surface area contributed by atoms with E-state index in [4.69, 9.17) is 23.7 Å². The average Bonchev–Trinajstić information content (AvgIpc) is 2.85. The predicted molar refractivity (Wildman–Crippen MR) is 127 cm³/mol. The number of hydrogen-bond acceptors (Lipinski definition) is 8. The van der Waals surface area contributed by atoms with Gasteiger partial charge in [0.2, 0.25) is 0 Å². The van der Waals surface area contributed by atoms with Gasteiger partial charge in [0.1, 0.15) is 18.2 Å². The highest BCUT2D eigenvalue weighted by Crippen LogP contribution is 2.30. The van der Waals surface area contributed by atoms with Crippen molar-refractivity contribution >= 4 is 16.9 Å². The van der Waals surface area contributed by atoms with Gasteiger partial charge in [-0.3, -0.25) is 9.36 Å². The Kier molecular flexibility index (Phi) is 8.48. The third-order valence-electron chi connectivity index (χ3n) is 5.30. The van der Waals surface area contributed by atoms with Crippen LogP contribution in [0, 0.1) is 0 Å². The molecule has 1 heterocycles. The van der Waals surface area contributed by atoms with Crippen molar-refractivity contribution in [3.63, 3.8) is 0 Å². The number of carbonyl (C=O) groups excluding carboxylic acids is 1. The van der Waals surface area contributed by atoms with Crippen molar-refractivity contribution in [2.45, 2.75) is 33.0 Å². The summed E-state index contributed by atoms with van der Waals surface area (Å²) in [5.74, 6) is 1.66. The van der Waals surface area contributed by atoms with Gasteiger partial charge in [-0.25, -0.2) is 9.78 Å². The molecule has 0 saturated carbocycles. The summed E-state index contributed by atoms with van der Waals surface area (Å²) < 4.78 is 28.5. The molecule has 1 aromatic heterocycles. The van der Waals surface area contributed by atoms with Gasteiger partial charge in [-0.15, -0.1) is 0 Å². The lowest BCUT2D eigenvalue weighted by atomic mass is 10.1. The van der Waals surface area contributed by atoms with Crippen LogP contribution in [-0.2, 0) is 34.3 Å². The van der Waals surface area contributed by atoms with Gasteiger partial charge < -0.3 is 23.7 Å². The Morgan fingerprint density at radius 3 is 2.32 bits per heavy atom. The molecular formula is C25H30N2O7. The van der Waals surface area contributed by atoms with E-state index in [1.165, 1.54) is 18.8 Å². The predicted octanol–water partition coefficient (Wildman–Crippen LogP) is 3.04. The van der Waals surface area contributed by atoms with Crippen molar-refractivity contribution in [3.8, 4) is 17.2 Å². The molecule has 3 aromatic rings. The maximum atomic E-state index is 12.9. The van der Waals surface area contributed by atoms with Gasteiger partial charge >= 0.3 is 5.97 Å². The molecule has 34 heavy (non-hydrogen) atoms. The van der Waals surface area contributed by atoms with Crippen LogP contribution in [-0.4, -0.2) is 49.1 Å². The van der Waals surface area contributed by atoms with Crippen LogP contribution in [0.5, 0.6) is 17.2 Å². The van der Waals surface area contributed by atoms with Crippen molar-refractivity contribution in [1.29, 1.82) is 0 Å². The van der Waals surface area contributed by atoms with Crippen LogP contribution in [0.25, 0.3) is 10.9 Å². The molecule has 1 atom stereocenters. The Bertz CT molecular complexity index is 1190. The highest BCUT2D eigenvalue weighted by Gasteiger charge is 2.20. The third-order valence-corrected chi connectivity index (χ3v) is 5.30. The van der Waals surface area contributed by atoms with Crippen LogP contribution in [0.2, 0.25) is 0 Å². The standard InChI is InChI=1S/C25H30N2O7/c1-6-32-22(25(29)33-7-2)12-16-8-10-17(11-9-16)34-15-23-26-19-14-21(31-5)20(30-4)13-18(19)24(28)27(23)3/h8-11,13-14,22H,6-7,12,15H2,1-5H3. The molecule has 0 amide bonds. The van der Waals surface area contributed by atoms with E-state index in [1.807, 2.05) is 19.1 Å². The summed E-state index contributed by atoms with van der Waals surface area (Å²) in [6, 6.07) is 10.6. The topological polar surface area (TPSA) is 98.1 Å². The van der Waals surface area contributed by atoms with Gasteiger partial charge in [0.25, 0.3) is 5.56 Å². The summed E-state index contributed by atoms with van der Waals surface area (Å²) in [6.45, 7) is 4.42. The van der Waals surface area contributed by atoms with E-state index in [0.717, 1.165) is 5.56 Å². The number of rotatable bonds is 11. The molecule has 0 aliphatic carbocycles. The van der Waals surface area contributed by atoms with E-state index in [1.54, 1.807) is 38.2 Å². The summed E-state index contributed by atoms with van der Waals surface area (Å²) in [5.41, 5.74) is 1.20. The smallest absolute Gasteiger partial charge is 0.335 e. The number of nitrogens with zero attached hydrogens (tertiary/aromatic N) is 2. The monoisotopic (exact) mass is 470 g/mol. The number of hydrogen-bond donors (Lipinski definition) is 0. The van der Waals surface area contributed by atoms with Gasteiger partial charge in [-0.2, -0.15) is 0 Å². The minimum absolute atomic E-state index is 0.0970. The van der Waals surface area contributed by atoms with Gasteiger partial charge in [0.15, 0.2) is 17.6 Å². The van der Waals surface area contributed by atoms with Gasteiger partial charge in [0, 0.05) is 26.1 Å². The van der Waals surface area contributed by atoms with E-state index in [-0.39, 0.29) is 18.1 Å². The zero-order valence-corrected chi connectivity index (χ0v) is 20.1. The molecule has 0 aliphatic rings. The summed E-state index contributed by atoms with van der Waals surface area (Å²) in [6.07, 6.45) is -0.248. The first-order valence-electron chi connectivity index (χ1n) is 11.0. The molecule has 0 fully saturated rings. The van der Waals surface area contributed by atoms with Crippen LogP contribution in [0.1, 0.15) is 25.2 Å². The first-order valence-corrected chi connectivity index (χ1v) is 11.0. The molecule has 182 valence electrons. The first-order chi connectivity index (χ1) is 16.4. The van der Waals surface area contributed by atoms with Crippen LogP contribution in [0.15, 0.2) is 41.2 Å². The maximum Gasteiger partial charge on any atom is 0.335 e. The van der Waals surface area contributed by atoms with Crippen molar-refractivity contribution in [3.05, 3.63) is 58.1 Å². The number of methoxy groups -OCH3 is 2. The van der Waals surface area contributed by atoms with Crippen molar-refractivity contribution < 1.29 is 28.5 Å². The third kappa shape index (κ3) is 5.66. The second kappa shape index (κ2) is 11.5. The summed E-state index contributed by atoms with van der Waals surface area (Å²) in [4.78, 5) is 29.5. The molecule has 0 spiro atoms. The number of carbonyl (C=O) groups is 1. The summed E-state index contributed by atoms with van der Waals surface area (Å²) in [7, 11) is 4.70. The van der Waals surface area contributed by atoms with Crippen LogP contribution < -0.4 is 19.8 Å². The Labute approximate surface area is 198 Å². The highest BCUT2D eigenvalue weighted by molar-refractivity contribution is 5.82. The number of ether oxygens (including phenoxy) is 5. The minimum Gasteiger partial charge on any atom is -0.493 e. The van der Waals surface area contributed by atoms with E-state index in [9.17, 15) is 9.59 Å². The Morgan fingerprint density at radius 2 is 1.71 bits per heavy atom. The SMILES string of the molecule is CCOC(=O)C(Cc1ccc(OCc2nc3cc(OC)c(OC)cc3c(=O)n2C)cc1)OCC. The molecule has 9 heteroatoms. The van der Waals surface area contributed by atoms with E-state index < -0.39 is 6.10 Å². The highest BCUT2D eigenvalue weighted by atomic mass is 16.6. The quantitative estimate of drug-likeness (QED) is 0.395. The molecule has 0 radical (unpaired) electrons. The number of benzene rings is 2. The molecule has 0 aliphatic heterocycles. The molecule has 3 rings (SSSR count). The maximum absolute atomic E-state index is 12.9. The number of esters is 1. The minimum atomic E-state index is -0.649. The number of aromatic nitrogens is 2.